The Labute approximate surface area is 113 Å². The summed E-state index contributed by atoms with van der Waals surface area (Å²) in [6, 6.07) is 21.7. The van der Waals surface area contributed by atoms with Crippen LogP contribution in [0.25, 0.3) is 5.30 Å². The lowest BCUT2D eigenvalue weighted by atomic mass is 10.1. The second-order valence-electron chi connectivity index (χ2n) is 4.34. The molecular weight excluding hydrogens is 251 g/mol. The van der Waals surface area contributed by atoms with E-state index in [9.17, 15) is 4.79 Å². The Hall–Kier alpha value is -2.11. The molecular formula is C17H13OP. The Kier molecular flexibility index (Phi) is 3.31. The van der Waals surface area contributed by atoms with Gasteiger partial charge in [0.1, 0.15) is 0 Å². The minimum Gasteiger partial charge on any atom is -0.289 e. The summed E-state index contributed by atoms with van der Waals surface area (Å²) in [6.45, 7) is 0. The van der Waals surface area contributed by atoms with Gasteiger partial charge in [-0.05, 0) is 23.0 Å². The molecule has 0 saturated carbocycles. The van der Waals surface area contributed by atoms with Crippen LogP contribution in [0.5, 0.6) is 0 Å². The van der Waals surface area contributed by atoms with Crippen molar-refractivity contribution in [2.75, 3.05) is 0 Å². The third kappa shape index (κ3) is 2.52. The highest BCUT2D eigenvalue weighted by molar-refractivity contribution is 7.56. The molecule has 0 radical (unpaired) electrons. The van der Waals surface area contributed by atoms with Crippen LogP contribution in [0.1, 0.15) is 15.9 Å². The van der Waals surface area contributed by atoms with Crippen LogP contribution < -0.4 is 0 Å². The third-order valence-corrected chi connectivity index (χ3v) is 4.97. The molecule has 1 atom stereocenters. The van der Waals surface area contributed by atoms with Gasteiger partial charge in [0.05, 0.1) is 0 Å². The van der Waals surface area contributed by atoms with Gasteiger partial charge in [0, 0.05) is 11.1 Å². The topological polar surface area (TPSA) is 17.1 Å². The van der Waals surface area contributed by atoms with E-state index in [1.807, 2.05) is 54.6 Å². The molecule has 2 aromatic carbocycles. The van der Waals surface area contributed by atoms with Gasteiger partial charge < -0.3 is 0 Å². The highest BCUT2D eigenvalue weighted by Gasteiger charge is 2.10. The van der Waals surface area contributed by atoms with Crippen LogP contribution >= 0.6 is 7.53 Å². The predicted octanol–water partition coefficient (Wildman–Crippen LogP) is 4.89. The van der Waals surface area contributed by atoms with Gasteiger partial charge in [0.2, 0.25) is 0 Å². The van der Waals surface area contributed by atoms with Gasteiger partial charge in [-0.25, -0.2) is 0 Å². The van der Waals surface area contributed by atoms with Crippen LogP contribution in [0.4, 0.5) is 0 Å². The number of ketones is 1. The third-order valence-electron chi connectivity index (χ3n) is 3.05. The zero-order chi connectivity index (χ0) is 13.1. The molecule has 92 valence electrons. The molecule has 1 heterocycles. The number of hydrogen-bond acceptors (Lipinski definition) is 1. The summed E-state index contributed by atoms with van der Waals surface area (Å²) in [5, 5.41) is 1.28. The largest absolute Gasteiger partial charge is 0.289 e. The molecule has 0 fully saturated rings. The van der Waals surface area contributed by atoms with Crippen molar-refractivity contribution in [3.8, 4) is 5.30 Å². The summed E-state index contributed by atoms with van der Waals surface area (Å²) in [5.41, 5.74) is 1.56. The fourth-order valence-corrected chi connectivity index (χ4v) is 3.80. The number of benzene rings is 2. The van der Waals surface area contributed by atoms with Gasteiger partial charge in [-0.2, -0.15) is 0 Å². The number of carbonyl (C=O) groups is 1. The molecule has 0 aliphatic carbocycles. The maximum absolute atomic E-state index is 12.3. The minimum atomic E-state index is -0.466. The second kappa shape index (κ2) is 5.26. The van der Waals surface area contributed by atoms with E-state index in [1.165, 1.54) is 5.30 Å². The molecule has 1 unspecified atom stereocenters. The first-order chi connectivity index (χ1) is 9.34. The van der Waals surface area contributed by atoms with E-state index in [0.717, 1.165) is 11.1 Å². The monoisotopic (exact) mass is 264 g/mol. The van der Waals surface area contributed by atoms with E-state index >= 15 is 0 Å². The average Bonchev–Trinajstić information content (AvgIpc) is 2.98. The molecule has 0 amide bonds. The number of rotatable bonds is 3. The first-order valence-electron chi connectivity index (χ1n) is 6.18. The molecule has 19 heavy (non-hydrogen) atoms. The maximum Gasteiger partial charge on any atom is 0.193 e. The van der Waals surface area contributed by atoms with Crippen LogP contribution in [0.15, 0.2) is 78.3 Å². The van der Waals surface area contributed by atoms with Gasteiger partial charge in [-0.15, -0.1) is 0 Å². The van der Waals surface area contributed by atoms with Gasteiger partial charge in [0.25, 0.3) is 0 Å². The molecule has 3 aromatic rings. The standard InChI is InChI=1S/C17H13OP/c18-17(14-7-3-1-4-8-14)15-11-12-19(13-15)16-9-5-2-6-10-16/h1-13H. The van der Waals surface area contributed by atoms with Crippen LogP contribution in [0.3, 0.4) is 0 Å². The molecule has 0 aliphatic heterocycles. The van der Waals surface area contributed by atoms with Crippen molar-refractivity contribution in [2.45, 2.75) is 0 Å². The summed E-state index contributed by atoms with van der Waals surface area (Å²) in [6.07, 6.45) is 0. The molecule has 0 spiro atoms. The minimum absolute atomic E-state index is 0.109. The van der Waals surface area contributed by atoms with Crippen LogP contribution in [-0.4, -0.2) is 5.78 Å². The van der Waals surface area contributed by atoms with Crippen molar-refractivity contribution in [1.82, 2.24) is 0 Å². The smallest absolute Gasteiger partial charge is 0.193 e. The van der Waals surface area contributed by atoms with Crippen molar-refractivity contribution in [3.63, 3.8) is 0 Å². The second-order valence-corrected chi connectivity index (χ2v) is 6.23. The van der Waals surface area contributed by atoms with E-state index < -0.39 is 7.53 Å². The van der Waals surface area contributed by atoms with Gasteiger partial charge in [-0.3, -0.25) is 4.79 Å². The van der Waals surface area contributed by atoms with Crippen molar-refractivity contribution in [2.24, 2.45) is 0 Å². The van der Waals surface area contributed by atoms with Gasteiger partial charge in [0.15, 0.2) is 5.78 Å². The lowest BCUT2D eigenvalue weighted by Gasteiger charge is -1.98. The zero-order valence-electron chi connectivity index (χ0n) is 10.4. The number of carbonyl (C=O) groups excluding carboxylic acids is 1. The molecule has 0 saturated heterocycles. The maximum atomic E-state index is 12.3. The Bertz CT molecular complexity index is 684. The molecule has 1 nitrogen and oxygen atoms in total. The highest BCUT2D eigenvalue weighted by Crippen LogP contribution is 2.40. The number of hydrogen-bond donors (Lipinski definition) is 0. The van der Waals surface area contributed by atoms with Crippen LogP contribution in [0, 0.1) is 0 Å². The van der Waals surface area contributed by atoms with E-state index in [0.29, 0.717) is 0 Å². The van der Waals surface area contributed by atoms with E-state index in [2.05, 4.69) is 23.7 Å². The predicted molar refractivity (Wildman–Crippen MR) is 80.4 cm³/mol. The quantitative estimate of drug-likeness (QED) is 0.615. The Morgan fingerprint density at radius 1 is 0.737 bits per heavy atom. The van der Waals surface area contributed by atoms with E-state index in [-0.39, 0.29) is 5.78 Å². The normalized spacial score (nSPS) is 11.3. The summed E-state index contributed by atoms with van der Waals surface area (Å²) in [5.74, 6) is 4.35. The molecule has 1 aromatic heterocycles. The Morgan fingerprint density at radius 2 is 1.37 bits per heavy atom. The lowest BCUT2D eigenvalue weighted by Crippen LogP contribution is -1.98. The van der Waals surface area contributed by atoms with Crippen LogP contribution in [-0.2, 0) is 0 Å². The van der Waals surface area contributed by atoms with Crippen molar-refractivity contribution in [1.29, 1.82) is 0 Å². The van der Waals surface area contributed by atoms with Crippen molar-refractivity contribution in [3.05, 3.63) is 89.5 Å². The van der Waals surface area contributed by atoms with Crippen molar-refractivity contribution >= 4 is 13.3 Å². The first kappa shape index (κ1) is 12.0. The molecule has 0 aliphatic rings. The van der Waals surface area contributed by atoms with Crippen molar-refractivity contribution < 1.29 is 4.79 Å². The fraction of sp³-hybridized carbons (Fsp3) is 0. The summed E-state index contributed by atoms with van der Waals surface area (Å²) in [4.78, 5) is 12.3. The lowest BCUT2D eigenvalue weighted by molar-refractivity contribution is 0.103. The highest BCUT2D eigenvalue weighted by atomic mass is 31.1. The first-order valence-corrected chi connectivity index (χ1v) is 7.66. The summed E-state index contributed by atoms with van der Waals surface area (Å²) < 4.78 is 0. The molecule has 0 bridgehead atoms. The molecule has 3 rings (SSSR count). The molecule has 2 heteroatoms. The van der Waals surface area contributed by atoms with E-state index in [4.69, 9.17) is 0 Å². The fourth-order valence-electron chi connectivity index (χ4n) is 2.05. The summed E-state index contributed by atoms with van der Waals surface area (Å²) >= 11 is 0. The van der Waals surface area contributed by atoms with Gasteiger partial charge in [-0.1, -0.05) is 68.2 Å². The SMILES string of the molecule is O=C(c1ccccc1)c1ccp(-c2ccccc2)c1. The Balaban J connectivity index is 1.92. The average molecular weight is 264 g/mol. The zero-order valence-corrected chi connectivity index (χ0v) is 11.3. The van der Waals surface area contributed by atoms with E-state index in [1.54, 1.807) is 0 Å². The Morgan fingerprint density at radius 3 is 2.05 bits per heavy atom. The molecule has 0 N–H and O–H groups in total. The summed E-state index contributed by atoms with van der Waals surface area (Å²) in [7, 11) is -0.466. The van der Waals surface area contributed by atoms with Crippen LogP contribution in [0.2, 0.25) is 0 Å². The van der Waals surface area contributed by atoms with Gasteiger partial charge >= 0.3 is 0 Å².